The Morgan fingerprint density at radius 2 is 2.31 bits per heavy atom. The second-order valence-electron chi connectivity index (χ2n) is 2.87. The van der Waals surface area contributed by atoms with Crippen LogP contribution >= 0.6 is 0 Å². The van der Waals surface area contributed by atoms with Gasteiger partial charge in [-0.15, -0.1) is 0 Å². The van der Waals surface area contributed by atoms with E-state index in [1.165, 1.54) is 4.90 Å². The first-order valence-electron chi connectivity index (χ1n) is 4.07. The van der Waals surface area contributed by atoms with Gasteiger partial charge in [-0.3, -0.25) is 9.69 Å². The quantitative estimate of drug-likeness (QED) is 0.714. The summed E-state index contributed by atoms with van der Waals surface area (Å²) < 4.78 is 0. The minimum absolute atomic E-state index is 0.140. The molecule has 0 aliphatic rings. The van der Waals surface area contributed by atoms with Crippen molar-refractivity contribution in [1.29, 1.82) is 0 Å². The molecular weight excluding hydrogens is 166 g/mol. The first kappa shape index (κ1) is 9.67. The summed E-state index contributed by atoms with van der Waals surface area (Å²) in [4.78, 5) is 16.9. The van der Waals surface area contributed by atoms with Crippen LogP contribution in [0.4, 0.5) is 5.82 Å². The van der Waals surface area contributed by atoms with Crippen molar-refractivity contribution < 1.29 is 4.79 Å². The van der Waals surface area contributed by atoms with E-state index in [1.807, 2.05) is 6.07 Å². The molecule has 1 aromatic heterocycles. The zero-order valence-corrected chi connectivity index (χ0v) is 7.77. The standard InChI is InChI=1S/C9H13N3O/c1-7(10)9(13)12(2)8-5-3-4-6-11-8/h3-7H,10H2,1-2H3/t7-/m0/s1. The monoisotopic (exact) mass is 179 g/mol. The van der Waals surface area contributed by atoms with Crippen LogP contribution in [0, 0.1) is 0 Å². The van der Waals surface area contributed by atoms with Crippen molar-refractivity contribution in [2.24, 2.45) is 5.73 Å². The van der Waals surface area contributed by atoms with Gasteiger partial charge in [-0.25, -0.2) is 4.98 Å². The fourth-order valence-corrected chi connectivity index (χ4v) is 0.971. The topological polar surface area (TPSA) is 59.2 Å². The Bertz CT molecular complexity index is 284. The molecule has 13 heavy (non-hydrogen) atoms. The van der Waals surface area contributed by atoms with Crippen LogP contribution in [-0.2, 0) is 4.79 Å². The molecule has 0 radical (unpaired) electrons. The first-order chi connectivity index (χ1) is 6.13. The van der Waals surface area contributed by atoms with E-state index in [4.69, 9.17) is 5.73 Å². The number of carbonyl (C=O) groups excluding carboxylic acids is 1. The summed E-state index contributed by atoms with van der Waals surface area (Å²) in [5.41, 5.74) is 5.46. The maximum Gasteiger partial charge on any atom is 0.244 e. The lowest BCUT2D eigenvalue weighted by molar-refractivity contribution is -0.119. The number of aromatic nitrogens is 1. The van der Waals surface area contributed by atoms with Gasteiger partial charge < -0.3 is 5.73 Å². The molecule has 4 heteroatoms. The molecule has 1 atom stereocenters. The number of carbonyl (C=O) groups is 1. The SMILES string of the molecule is C[C@H](N)C(=O)N(C)c1ccccn1. The molecule has 1 aromatic rings. The Kier molecular flexibility index (Phi) is 2.97. The largest absolute Gasteiger partial charge is 0.320 e. The average Bonchev–Trinajstić information content (AvgIpc) is 2.17. The molecule has 0 spiro atoms. The summed E-state index contributed by atoms with van der Waals surface area (Å²) in [5.74, 6) is 0.475. The van der Waals surface area contributed by atoms with Crippen LogP contribution in [0.2, 0.25) is 0 Å². The normalized spacial score (nSPS) is 12.2. The molecule has 0 aromatic carbocycles. The second-order valence-corrected chi connectivity index (χ2v) is 2.87. The van der Waals surface area contributed by atoms with Crippen LogP contribution in [0.1, 0.15) is 6.92 Å². The molecule has 70 valence electrons. The Morgan fingerprint density at radius 3 is 2.77 bits per heavy atom. The molecule has 1 rings (SSSR count). The Morgan fingerprint density at radius 1 is 1.62 bits per heavy atom. The van der Waals surface area contributed by atoms with Gasteiger partial charge >= 0.3 is 0 Å². The van der Waals surface area contributed by atoms with Crippen molar-refractivity contribution in [2.75, 3.05) is 11.9 Å². The lowest BCUT2D eigenvalue weighted by Crippen LogP contribution is -2.40. The van der Waals surface area contributed by atoms with Crippen LogP contribution in [0.15, 0.2) is 24.4 Å². The van der Waals surface area contributed by atoms with Gasteiger partial charge in [0, 0.05) is 13.2 Å². The van der Waals surface area contributed by atoms with E-state index in [1.54, 1.807) is 32.3 Å². The van der Waals surface area contributed by atoms with Gasteiger partial charge in [-0.2, -0.15) is 0 Å². The van der Waals surface area contributed by atoms with Crippen molar-refractivity contribution in [3.63, 3.8) is 0 Å². The van der Waals surface area contributed by atoms with Gasteiger partial charge in [0.15, 0.2) is 0 Å². The maximum absolute atomic E-state index is 11.4. The van der Waals surface area contributed by atoms with Gasteiger partial charge in [0.1, 0.15) is 5.82 Å². The van der Waals surface area contributed by atoms with Crippen LogP contribution in [0.5, 0.6) is 0 Å². The zero-order chi connectivity index (χ0) is 9.84. The Balaban J connectivity index is 2.80. The van der Waals surface area contributed by atoms with Gasteiger partial charge in [-0.05, 0) is 19.1 Å². The molecule has 0 aliphatic heterocycles. The van der Waals surface area contributed by atoms with Crippen molar-refractivity contribution >= 4 is 11.7 Å². The molecule has 0 saturated heterocycles. The number of nitrogens with zero attached hydrogens (tertiary/aromatic N) is 2. The molecule has 0 saturated carbocycles. The average molecular weight is 179 g/mol. The summed E-state index contributed by atoms with van der Waals surface area (Å²) in [6.45, 7) is 1.65. The molecule has 1 amide bonds. The molecule has 0 unspecified atom stereocenters. The van der Waals surface area contributed by atoms with Crippen LogP contribution in [0.25, 0.3) is 0 Å². The van der Waals surface area contributed by atoms with E-state index in [2.05, 4.69) is 4.98 Å². The molecule has 4 nitrogen and oxygen atoms in total. The number of hydrogen-bond acceptors (Lipinski definition) is 3. The van der Waals surface area contributed by atoms with Gasteiger partial charge in [0.2, 0.25) is 5.91 Å². The third-order valence-corrected chi connectivity index (χ3v) is 1.71. The van der Waals surface area contributed by atoms with E-state index < -0.39 is 6.04 Å². The predicted octanol–water partition coefficient (Wildman–Crippen LogP) is 0.392. The number of hydrogen-bond donors (Lipinski definition) is 1. The number of amides is 1. The van der Waals surface area contributed by atoms with Gasteiger partial charge in [0.05, 0.1) is 6.04 Å². The van der Waals surface area contributed by atoms with Crippen LogP contribution < -0.4 is 10.6 Å². The maximum atomic E-state index is 11.4. The highest BCUT2D eigenvalue weighted by atomic mass is 16.2. The third-order valence-electron chi connectivity index (χ3n) is 1.71. The predicted molar refractivity (Wildman–Crippen MR) is 51.3 cm³/mol. The fourth-order valence-electron chi connectivity index (χ4n) is 0.971. The summed E-state index contributed by atoms with van der Waals surface area (Å²) in [7, 11) is 1.66. The zero-order valence-electron chi connectivity index (χ0n) is 7.77. The van der Waals surface area contributed by atoms with E-state index >= 15 is 0 Å². The van der Waals surface area contributed by atoms with Crippen LogP contribution in [-0.4, -0.2) is 24.0 Å². The summed E-state index contributed by atoms with van der Waals surface area (Å²) >= 11 is 0. The van der Waals surface area contributed by atoms with E-state index in [0.29, 0.717) is 5.82 Å². The van der Waals surface area contributed by atoms with Gasteiger partial charge in [-0.1, -0.05) is 6.07 Å². The second kappa shape index (κ2) is 4.00. The lowest BCUT2D eigenvalue weighted by Gasteiger charge is -2.17. The summed E-state index contributed by atoms with van der Waals surface area (Å²) in [6, 6.07) is 4.90. The highest BCUT2D eigenvalue weighted by molar-refractivity contribution is 5.95. The summed E-state index contributed by atoms with van der Waals surface area (Å²) in [5, 5.41) is 0. The van der Waals surface area contributed by atoms with Crippen molar-refractivity contribution in [2.45, 2.75) is 13.0 Å². The Labute approximate surface area is 77.4 Å². The van der Waals surface area contributed by atoms with Crippen molar-refractivity contribution in [1.82, 2.24) is 4.98 Å². The van der Waals surface area contributed by atoms with E-state index in [9.17, 15) is 4.79 Å². The molecule has 1 heterocycles. The molecule has 0 aliphatic carbocycles. The van der Waals surface area contributed by atoms with Crippen LogP contribution in [0.3, 0.4) is 0 Å². The summed E-state index contributed by atoms with van der Waals surface area (Å²) in [6.07, 6.45) is 1.64. The number of anilines is 1. The Hall–Kier alpha value is -1.42. The van der Waals surface area contributed by atoms with E-state index in [0.717, 1.165) is 0 Å². The lowest BCUT2D eigenvalue weighted by atomic mass is 10.3. The number of likely N-dealkylation sites (N-methyl/N-ethyl adjacent to an activating group) is 1. The van der Waals surface area contributed by atoms with Crippen molar-refractivity contribution in [3.8, 4) is 0 Å². The molecule has 2 N–H and O–H groups in total. The molecule has 0 fully saturated rings. The van der Waals surface area contributed by atoms with Gasteiger partial charge in [0.25, 0.3) is 0 Å². The minimum Gasteiger partial charge on any atom is -0.320 e. The number of pyridine rings is 1. The highest BCUT2D eigenvalue weighted by Gasteiger charge is 2.14. The smallest absolute Gasteiger partial charge is 0.244 e. The first-order valence-corrected chi connectivity index (χ1v) is 4.07. The number of nitrogens with two attached hydrogens (primary N) is 1. The van der Waals surface area contributed by atoms with E-state index in [-0.39, 0.29) is 5.91 Å². The molecule has 0 bridgehead atoms. The minimum atomic E-state index is -0.494. The third kappa shape index (κ3) is 2.26. The number of rotatable bonds is 2. The highest BCUT2D eigenvalue weighted by Crippen LogP contribution is 2.07. The molecular formula is C9H13N3O. The van der Waals surface area contributed by atoms with Crippen molar-refractivity contribution in [3.05, 3.63) is 24.4 Å². The fraction of sp³-hybridized carbons (Fsp3) is 0.333.